The van der Waals surface area contributed by atoms with Crippen molar-refractivity contribution < 1.29 is 36.7 Å². The van der Waals surface area contributed by atoms with Crippen LogP contribution in [0.1, 0.15) is 65.5 Å². The first-order chi connectivity index (χ1) is 28.0. The maximum absolute atomic E-state index is 15.7. The van der Waals surface area contributed by atoms with E-state index < -0.39 is 51.0 Å². The van der Waals surface area contributed by atoms with Crippen molar-refractivity contribution in [3.05, 3.63) is 94.9 Å². The van der Waals surface area contributed by atoms with Gasteiger partial charge in [-0.1, -0.05) is 12.1 Å². The second kappa shape index (κ2) is 16.8. The van der Waals surface area contributed by atoms with Crippen LogP contribution in [0.2, 0.25) is 0 Å². The molecule has 3 aliphatic heterocycles. The minimum absolute atomic E-state index is 0.00267. The molecule has 0 bridgehead atoms. The van der Waals surface area contributed by atoms with Crippen LogP contribution in [0.4, 0.5) is 27.5 Å². The molecular weight excluding hydrogens is 782 g/mol. The Morgan fingerprint density at radius 3 is 2.36 bits per heavy atom. The summed E-state index contributed by atoms with van der Waals surface area (Å²) < 4.78 is 50.1. The molecule has 4 aromatic rings. The van der Waals surface area contributed by atoms with E-state index in [1.54, 1.807) is 45.2 Å². The number of amides is 4. The van der Waals surface area contributed by atoms with E-state index in [0.717, 1.165) is 29.2 Å². The summed E-state index contributed by atoms with van der Waals surface area (Å²) in [5, 5.41) is 8.55. The zero-order chi connectivity index (χ0) is 42.1. The van der Waals surface area contributed by atoms with Crippen molar-refractivity contribution in [2.75, 3.05) is 50.0 Å². The van der Waals surface area contributed by atoms with Crippen molar-refractivity contribution in [1.82, 2.24) is 34.7 Å². The van der Waals surface area contributed by atoms with Crippen LogP contribution in [0, 0.1) is 12.7 Å². The van der Waals surface area contributed by atoms with Crippen LogP contribution in [0.15, 0.2) is 71.8 Å². The molecule has 4 amide bonds. The van der Waals surface area contributed by atoms with Crippen molar-refractivity contribution in [3.63, 3.8) is 0 Å². The third kappa shape index (κ3) is 9.57. The summed E-state index contributed by atoms with van der Waals surface area (Å²) in [4.78, 5) is 64.4. The predicted octanol–water partition coefficient (Wildman–Crippen LogP) is 4.09. The molecule has 4 N–H and O–H groups in total. The van der Waals surface area contributed by atoms with E-state index in [4.69, 9.17) is 4.74 Å². The fourth-order valence-electron chi connectivity index (χ4n) is 7.12. The second-order valence-corrected chi connectivity index (χ2v) is 17.4. The number of ether oxygens (including phenoxy) is 1. The fraction of sp³-hybridized carbons (Fsp3) is 0.366. The van der Waals surface area contributed by atoms with Crippen LogP contribution in [0.3, 0.4) is 0 Å². The SMILES string of the molecule is Cc1cnc(Nc2ccc(OCCN3CCN(Cc4ccc5c(c4F)C(=O)N(C4CCC(=O)NC4=O)C5=O)CC3)cc2)nc1Nc1cccc(S(=O)(=O)NC(C)(C)C)c1. The number of aromatic nitrogens is 2. The summed E-state index contributed by atoms with van der Waals surface area (Å²) in [6, 6.07) is 15.7. The number of sulfonamides is 1. The first-order valence-corrected chi connectivity index (χ1v) is 20.8. The number of piperazine rings is 1. The molecule has 16 nitrogen and oxygen atoms in total. The Kier molecular flexibility index (Phi) is 11.8. The van der Waals surface area contributed by atoms with Crippen molar-refractivity contribution in [3.8, 4) is 5.75 Å². The maximum Gasteiger partial charge on any atom is 0.265 e. The predicted molar refractivity (Wildman–Crippen MR) is 217 cm³/mol. The number of rotatable bonds is 13. The van der Waals surface area contributed by atoms with Crippen LogP contribution in [0.5, 0.6) is 5.75 Å². The molecule has 0 spiro atoms. The van der Waals surface area contributed by atoms with Crippen LogP contribution in [-0.4, -0.2) is 108 Å². The lowest BCUT2D eigenvalue weighted by atomic mass is 10.0. The lowest BCUT2D eigenvalue weighted by Gasteiger charge is -2.34. The second-order valence-electron chi connectivity index (χ2n) is 15.8. The van der Waals surface area contributed by atoms with Gasteiger partial charge >= 0.3 is 0 Å². The highest BCUT2D eigenvalue weighted by Crippen LogP contribution is 2.32. The van der Waals surface area contributed by atoms with Gasteiger partial charge in [-0.15, -0.1) is 0 Å². The molecule has 4 heterocycles. The molecule has 18 heteroatoms. The van der Waals surface area contributed by atoms with Gasteiger partial charge in [0.2, 0.25) is 27.8 Å². The number of nitrogens with zero attached hydrogens (tertiary/aromatic N) is 5. The van der Waals surface area contributed by atoms with E-state index in [1.165, 1.54) is 18.2 Å². The molecule has 2 saturated heterocycles. The Balaban J connectivity index is 0.867. The molecule has 3 aliphatic rings. The lowest BCUT2D eigenvalue weighted by Crippen LogP contribution is -2.54. The number of imide groups is 2. The Morgan fingerprint density at radius 1 is 0.915 bits per heavy atom. The van der Waals surface area contributed by atoms with Gasteiger partial charge in [-0.2, -0.15) is 4.98 Å². The van der Waals surface area contributed by atoms with Crippen molar-refractivity contribution in [2.24, 2.45) is 0 Å². The molecule has 1 aromatic heterocycles. The number of carbonyl (C=O) groups is 4. The van der Waals surface area contributed by atoms with Crippen LogP contribution >= 0.6 is 0 Å². The molecule has 0 aliphatic carbocycles. The molecular formula is C41H46FN9O7S. The number of hydrogen-bond acceptors (Lipinski definition) is 13. The number of carbonyl (C=O) groups excluding carboxylic acids is 4. The quantitative estimate of drug-likeness (QED) is 0.141. The van der Waals surface area contributed by atoms with Gasteiger partial charge in [0.05, 0.1) is 16.0 Å². The number of halogens is 1. The van der Waals surface area contributed by atoms with Crippen molar-refractivity contribution >= 4 is 56.8 Å². The largest absolute Gasteiger partial charge is 0.492 e. The zero-order valence-electron chi connectivity index (χ0n) is 33.2. The normalized spacial score (nSPS) is 17.8. The van der Waals surface area contributed by atoms with E-state index >= 15 is 4.39 Å². The van der Waals surface area contributed by atoms with E-state index in [-0.39, 0.29) is 35.4 Å². The Hall–Kier alpha value is -5.82. The van der Waals surface area contributed by atoms with Crippen molar-refractivity contribution in [2.45, 2.75) is 63.6 Å². The van der Waals surface area contributed by atoms with E-state index in [1.807, 2.05) is 31.2 Å². The first kappa shape index (κ1) is 41.3. The minimum Gasteiger partial charge on any atom is -0.492 e. The summed E-state index contributed by atoms with van der Waals surface area (Å²) in [6.45, 7) is 11.4. The van der Waals surface area contributed by atoms with Gasteiger partial charge < -0.3 is 15.4 Å². The number of fused-ring (bicyclic) bond motifs is 1. The smallest absolute Gasteiger partial charge is 0.265 e. The molecule has 0 radical (unpaired) electrons. The molecule has 1 unspecified atom stereocenters. The van der Waals surface area contributed by atoms with Gasteiger partial charge in [0, 0.05) is 79.9 Å². The highest BCUT2D eigenvalue weighted by atomic mass is 32.2. The van der Waals surface area contributed by atoms with E-state index in [2.05, 4.69) is 40.4 Å². The number of benzene rings is 3. The number of anilines is 4. The Morgan fingerprint density at radius 2 is 1.64 bits per heavy atom. The highest BCUT2D eigenvalue weighted by molar-refractivity contribution is 7.89. The van der Waals surface area contributed by atoms with E-state index in [9.17, 15) is 27.6 Å². The van der Waals surface area contributed by atoms with Crippen LogP contribution < -0.4 is 25.4 Å². The summed E-state index contributed by atoms with van der Waals surface area (Å²) in [5.74, 6) is -2.01. The fourth-order valence-corrected chi connectivity index (χ4v) is 8.58. The van der Waals surface area contributed by atoms with Gasteiger partial charge in [0.25, 0.3) is 11.8 Å². The van der Waals surface area contributed by atoms with Crippen LogP contribution in [0.25, 0.3) is 0 Å². The average Bonchev–Trinajstić information content (AvgIpc) is 3.43. The number of piperidine rings is 1. The topological polar surface area (TPSA) is 195 Å². The molecule has 0 saturated carbocycles. The molecule has 1 atom stereocenters. The summed E-state index contributed by atoms with van der Waals surface area (Å²) >= 11 is 0. The molecule has 2 fully saturated rings. The average molecular weight is 828 g/mol. The van der Waals surface area contributed by atoms with E-state index in [0.29, 0.717) is 55.0 Å². The number of hydrogen-bond donors (Lipinski definition) is 4. The number of nitrogens with one attached hydrogen (secondary N) is 4. The molecule has 7 rings (SSSR count). The molecule has 59 heavy (non-hydrogen) atoms. The Labute approximate surface area is 341 Å². The number of aryl methyl sites for hydroxylation is 1. The lowest BCUT2D eigenvalue weighted by molar-refractivity contribution is -0.136. The standard InChI is InChI=1S/C41H46FN9O7S/c1-25-23-43-40(47-36(25)44-28-6-5-7-30(22-28)59(56,57)48-41(2,3)4)45-27-9-11-29(12-10-27)58-21-20-49-16-18-50(19-17-49)24-26-8-13-31-34(35(26)42)39(55)51(38(31)54)32-14-15-33(52)46-37(32)53/h5-13,22-23,32,48H,14-21,24H2,1-4H3,(H,46,52,53)(H2,43,44,45,47). The summed E-state index contributed by atoms with van der Waals surface area (Å²) in [7, 11) is -3.72. The summed E-state index contributed by atoms with van der Waals surface area (Å²) in [5.41, 5.74) is 1.33. The third-order valence-corrected chi connectivity index (χ3v) is 11.8. The highest BCUT2D eigenvalue weighted by Gasteiger charge is 2.46. The minimum atomic E-state index is -3.72. The van der Waals surface area contributed by atoms with Gasteiger partial charge in [-0.05, 0) is 82.6 Å². The van der Waals surface area contributed by atoms with Gasteiger partial charge in [-0.3, -0.25) is 39.2 Å². The van der Waals surface area contributed by atoms with Gasteiger partial charge in [0.1, 0.15) is 30.0 Å². The zero-order valence-corrected chi connectivity index (χ0v) is 34.0. The monoisotopic (exact) mass is 827 g/mol. The van der Waals surface area contributed by atoms with Crippen LogP contribution in [-0.2, 0) is 26.2 Å². The summed E-state index contributed by atoms with van der Waals surface area (Å²) in [6.07, 6.45) is 1.66. The Bertz CT molecular complexity index is 2400. The van der Waals surface area contributed by atoms with Gasteiger partial charge in [-0.25, -0.2) is 22.5 Å². The van der Waals surface area contributed by atoms with Gasteiger partial charge in [0.15, 0.2) is 0 Å². The third-order valence-electron chi connectivity index (χ3n) is 10.1. The van der Waals surface area contributed by atoms with Crippen molar-refractivity contribution in [1.29, 1.82) is 0 Å². The molecule has 310 valence electrons. The maximum atomic E-state index is 15.7. The molecule has 3 aromatic carbocycles. The first-order valence-electron chi connectivity index (χ1n) is 19.3.